The fourth-order valence-corrected chi connectivity index (χ4v) is 4.71. The van der Waals surface area contributed by atoms with Crippen LogP contribution in [0.2, 0.25) is 0 Å². The van der Waals surface area contributed by atoms with Gasteiger partial charge < -0.3 is 20.9 Å². The number of hydrogen-bond donors (Lipinski definition) is 2. The number of anilines is 1. The number of nitrogens with two attached hydrogens (primary N) is 1. The first-order valence-electron chi connectivity index (χ1n) is 9.68. The standard InChI is InChI=1S/C19H27N5O2/c20-17(25)14-5-3-7-21-18(14)23-8-10-24(11-9-23)19(26)16-12-13-4-1-2-6-15(13)22-16/h3,5,7,13,15-16,22H,1-2,4,6,8-12H2,(H2,20,25). The van der Waals surface area contributed by atoms with Crippen molar-refractivity contribution in [1.29, 1.82) is 0 Å². The predicted octanol–water partition coefficient (Wildman–Crippen LogP) is 0.750. The Morgan fingerprint density at radius 3 is 2.65 bits per heavy atom. The Hall–Kier alpha value is -2.15. The van der Waals surface area contributed by atoms with Crippen LogP contribution in [0.5, 0.6) is 0 Å². The monoisotopic (exact) mass is 357 g/mol. The van der Waals surface area contributed by atoms with E-state index < -0.39 is 5.91 Å². The first-order chi connectivity index (χ1) is 12.6. The number of primary amides is 1. The molecule has 3 heterocycles. The maximum atomic E-state index is 12.9. The van der Waals surface area contributed by atoms with Crippen LogP contribution < -0.4 is 16.0 Å². The molecule has 3 atom stereocenters. The summed E-state index contributed by atoms with van der Waals surface area (Å²) in [6.45, 7) is 2.65. The Kier molecular flexibility index (Phi) is 4.80. The maximum absolute atomic E-state index is 12.9. The zero-order valence-electron chi connectivity index (χ0n) is 15.1. The molecule has 1 aromatic rings. The first kappa shape index (κ1) is 17.3. The average molecular weight is 357 g/mol. The summed E-state index contributed by atoms with van der Waals surface area (Å²) < 4.78 is 0. The van der Waals surface area contributed by atoms with Crippen molar-refractivity contribution < 1.29 is 9.59 Å². The van der Waals surface area contributed by atoms with Crippen molar-refractivity contribution in [2.45, 2.75) is 44.2 Å². The molecule has 2 amide bonds. The SMILES string of the molecule is NC(=O)c1cccnc1N1CCN(C(=O)C2CC3CCCCC3N2)CC1. The van der Waals surface area contributed by atoms with Gasteiger partial charge in [-0.3, -0.25) is 9.59 Å². The fourth-order valence-electron chi connectivity index (χ4n) is 4.71. The highest BCUT2D eigenvalue weighted by Gasteiger charge is 2.40. The van der Waals surface area contributed by atoms with Gasteiger partial charge in [0.1, 0.15) is 5.82 Å². The molecule has 3 N–H and O–H groups in total. The van der Waals surface area contributed by atoms with Gasteiger partial charge in [-0.2, -0.15) is 0 Å². The molecule has 3 aliphatic rings. The van der Waals surface area contributed by atoms with E-state index in [1.807, 2.05) is 9.80 Å². The second-order valence-electron chi connectivity index (χ2n) is 7.66. The number of carbonyl (C=O) groups is 2. The van der Waals surface area contributed by atoms with Gasteiger partial charge in [0.2, 0.25) is 5.91 Å². The van der Waals surface area contributed by atoms with Crippen molar-refractivity contribution in [3.05, 3.63) is 23.9 Å². The second kappa shape index (κ2) is 7.23. The smallest absolute Gasteiger partial charge is 0.252 e. The zero-order valence-corrected chi connectivity index (χ0v) is 15.1. The number of rotatable bonds is 3. The van der Waals surface area contributed by atoms with Crippen molar-refractivity contribution in [2.75, 3.05) is 31.1 Å². The van der Waals surface area contributed by atoms with Crippen LogP contribution in [0.4, 0.5) is 5.82 Å². The Balaban J connectivity index is 1.37. The molecule has 0 bridgehead atoms. The van der Waals surface area contributed by atoms with Gasteiger partial charge in [-0.15, -0.1) is 0 Å². The molecule has 2 aliphatic heterocycles. The normalized spacial score (nSPS) is 28.7. The molecule has 7 heteroatoms. The number of nitrogens with zero attached hydrogens (tertiary/aromatic N) is 3. The Labute approximate surface area is 153 Å². The summed E-state index contributed by atoms with van der Waals surface area (Å²) in [6, 6.07) is 3.93. The van der Waals surface area contributed by atoms with E-state index in [2.05, 4.69) is 10.3 Å². The van der Waals surface area contributed by atoms with Gasteiger partial charge in [0.05, 0.1) is 11.6 Å². The van der Waals surface area contributed by atoms with Crippen LogP contribution in [0.3, 0.4) is 0 Å². The lowest BCUT2D eigenvalue weighted by Crippen LogP contribution is -2.54. The fraction of sp³-hybridized carbons (Fsp3) is 0.632. The van der Waals surface area contributed by atoms with Crippen LogP contribution in [0, 0.1) is 5.92 Å². The molecular formula is C19H27N5O2. The summed E-state index contributed by atoms with van der Waals surface area (Å²) in [6.07, 6.45) is 7.69. The lowest BCUT2D eigenvalue weighted by molar-refractivity contribution is -0.133. The van der Waals surface area contributed by atoms with Crippen LogP contribution in [-0.4, -0.2) is 60.0 Å². The molecule has 140 valence electrons. The number of fused-ring (bicyclic) bond motifs is 1. The second-order valence-corrected chi connectivity index (χ2v) is 7.66. The Morgan fingerprint density at radius 2 is 1.92 bits per heavy atom. The maximum Gasteiger partial charge on any atom is 0.252 e. The number of pyridine rings is 1. The zero-order chi connectivity index (χ0) is 18.1. The predicted molar refractivity (Wildman–Crippen MR) is 98.8 cm³/mol. The van der Waals surface area contributed by atoms with E-state index in [9.17, 15) is 9.59 Å². The average Bonchev–Trinajstić information content (AvgIpc) is 3.12. The number of amides is 2. The van der Waals surface area contributed by atoms with Crippen molar-refractivity contribution in [2.24, 2.45) is 11.7 Å². The van der Waals surface area contributed by atoms with E-state index in [0.29, 0.717) is 49.5 Å². The number of carbonyl (C=O) groups excluding carboxylic acids is 2. The minimum atomic E-state index is -0.468. The van der Waals surface area contributed by atoms with Crippen molar-refractivity contribution in [1.82, 2.24) is 15.2 Å². The molecule has 2 saturated heterocycles. The molecule has 1 saturated carbocycles. The van der Waals surface area contributed by atoms with Crippen LogP contribution >= 0.6 is 0 Å². The third-order valence-corrected chi connectivity index (χ3v) is 6.10. The van der Waals surface area contributed by atoms with Crippen LogP contribution in [0.25, 0.3) is 0 Å². The summed E-state index contributed by atoms with van der Waals surface area (Å²) in [5, 5.41) is 3.58. The number of hydrogen-bond acceptors (Lipinski definition) is 5. The lowest BCUT2D eigenvalue weighted by atomic mass is 9.85. The van der Waals surface area contributed by atoms with Gasteiger partial charge in [-0.05, 0) is 37.3 Å². The van der Waals surface area contributed by atoms with Gasteiger partial charge in [0.25, 0.3) is 5.91 Å². The Morgan fingerprint density at radius 1 is 1.15 bits per heavy atom. The van der Waals surface area contributed by atoms with E-state index in [4.69, 9.17) is 5.73 Å². The molecule has 0 aromatic carbocycles. The van der Waals surface area contributed by atoms with Crippen LogP contribution in [0.15, 0.2) is 18.3 Å². The summed E-state index contributed by atoms with van der Waals surface area (Å²) in [4.78, 5) is 32.9. The highest BCUT2D eigenvalue weighted by molar-refractivity contribution is 5.97. The van der Waals surface area contributed by atoms with Crippen molar-refractivity contribution in [3.63, 3.8) is 0 Å². The van der Waals surface area contributed by atoms with Gasteiger partial charge in [-0.1, -0.05) is 12.8 Å². The summed E-state index contributed by atoms with van der Waals surface area (Å²) >= 11 is 0. The molecule has 0 spiro atoms. The minimum absolute atomic E-state index is 0.0225. The van der Waals surface area contributed by atoms with E-state index in [1.54, 1.807) is 18.3 Å². The molecule has 26 heavy (non-hydrogen) atoms. The lowest BCUT2D eigenvalue weighted by Gasteiger charge is -2.37. The highest BCUT2D eigenvalue weighted by Crippen LogP contribution is 2.33. The number of piperazine rings is 1. The summed E-state index contributed by atoms with van der Waals surface area (Å²) in [7, 11) is 0. The van der Waals surface area contributed by atoms with Gasteiger partial charge in [0.15, 0.2) is 0 Å². The Bertz CT molecular complexity index is 672. The highest BCUT2D eigenvalue weighted by atomic mass is 16.2. The third kappa shape index (κ3) is 3.28. The van der Waals surface area contributed by atoms with Gasteiger partial charge in [-0.25, -0.2) is 4.98 Å². The van der Waals surface area contributed by atoms with Crippen LogP contribution in [0.1, 0.15) is 42.5 Å². The molecular weight excluding hydrogens is 330 g/mol. The van der Waals surface area contributed by atoms with Gasteiger partial charge in [0, 0.05) is 38.4 Å². The molecule has 3 fully saturated rings. The molecule has 7 nitrogen and oxygen atoms in total. The van der Waals surface area contributed by atoms with E-state index >= 15 is 0 Å². The topological polar surface area (TPSA) is 91.6 Å². The van der Waals surface area contributed by atoms with Crippen molar-refractivity contribution >= 4 is 17.6 Å². The molecule has 4 rings (SSSR count). The van der Waals surface area contributed by atoms with Gasteiger partial charge >= 0.3 is 0 Å². The van der Waals surface area contributed by atoms with E-state index in [-0.39, 0.29) is 11.9 Å². The van der Waals surface area contributed by atoms with Crippen molar-refractivity contribution in [3.8, 4) is 0 Å². The minimum Gasteiger partial charge on any atom is -0.365 e. The molecule has 0 radical (unpaired) electrons. The first-order valence-corrected chi connectivity index (χ1v) is 9.68. The third-order valence-electron chi connectivity index (χ3n) is 6.10. The summed E-state index contributed by atoms with van der Waals surface area (Å²) in [5.41, 5.74) is 5.90. The quantitative estimate of drug-likeness (QED) is 0.833. The summed E-state index contributed by atoms with van der Waals surface area (Å²) in [5.74, 6) is 1.06. The van der Waals surface area contributed by atoms with E-state index in [1.165, 1.54) is 25.7 Å². The number of aromatic nitrogens is 1. The molecule has 1 aromatic heterocycles. The van der Waals surface area contributed by atoms with E-state index in [0.717, 1.165) is 6.42 Å². The van der Waals surface area contributed by atoms with Crippen LogP contribution in [-0.2, 0) is 4.79 Å². The molecule has 3 unspecified atom stereocenters. The number of nitrogens with one attached hydrogen (secondary N) is 1. The molecule has 1 aliphatic carbocycles. The largest absolute Gasteiger partial charge is 0.365 e.